The lowest BCUT2D eigenvalue weighted by Gasteiger charge is -2.37. The van der Waals surface area contributed by atoms with Gasteiger partial charge >= 0.3 is 5.97 Å². The van der Waals surface area contributed by atoms with Gasteiger partial charge in [-0.05, 0) is 72.6 Å². The number of ether oxygens (including phenoxy) is 1. The fourth-order valence-electron chi connectivity index (χ4n) is 5.65. The number of benzene rings is 2. The molecule has 1 heterocycles. The molecule has 0 spiro atoms. The monoisotopic (exact) mass is 463 g/mol. The lowest BCUT2D eigenvalue weighted by molar-refractivity contribution is -0.124. The van der Waals surface area contributed by atoms with Crippen LogP contribution in [0.2, 0.25) is 0 Å². The van der Waals surface area contributed by atoms with Crippen LogP contribution in [0.3, 0.4) is 0 Å². The number of esters is 1. The molecule has 0 aromatic heterocycles. The van der Waals surface area contributed by atoms with Gasteiger partial charge in [-0.3, -0.25) is 9.59 Å². The number of carbonyl (C=O) groups excluding carboxylic acids is 3. The van der Waals surface area contributed by atoms with Gasteiger partial charge in [-0.15, -0.1) is 0 Å². The van der Waals surface area contributed by atoms with Crippen molar-refractivity contribution in [3.63, 3.8) is 0 Å². The molecule has 1 saturated heterocycles. The molecule has 6 atom stereocenters. The largest absolute Gasteiger partial charge is 0.423 e. The average Bonchev–Trinajstić information content (AvgIpc) is 3.53. The molecule has 7 rings (SSSR count). The van der Waals surface area contributed by atoms with Gasteiger partial charge in [-0.2, -0.15) is 0 Å². The van der Waals surface area contributed by atoms with Gasteiger partial charge in [-0.25, -0.2) is 9.69 Å². The van der Waals surface area contributed by atoms with E-state index in [-0.39, 0.29) is 35.5 Å². The van der Waals surface area contributed by atoms with E-state index in [2.05, 4.69) is 28.1 Å². The third kappa shape index (κ3) is 2.56. The minimum atomic E-state index is -0.529. The summed E-state index contributed by atoms with van der Waals surface area (Å²) in [6.07, 6.45) is 5.44. The molecule has 0 radical (unpaired) electrons. The maximum Gasteiger partial charge on any atom is 0.343 e. The third-order valence-electron chi connectivity index (χ3n) is 7.03. The van der Waals surface area contributed by atoms with Crippen LogP contribution in [0.5, 0.6) is 5.75 Å². The molecule has 2 aromatic carbocycles. The van der Waals surface area contributed by atoms with Crippen molar-refractivity contribution in [2.45, 2.75) is 6.42 Å². The number of imide groups is 1. The van der Waals surface area contributed by atoms with Crippen LogP contribution >= 0.6 is 15.9 Å². The van der Waals surface area contributed by atoms with Crippen molar-refractivity contribution in [2.24, 2.45) is 35.5 Å². The Morgan fingerprint density at radius 1 is 0.933 bits per heavy atom. The third-order valence-corrected chi connectivity index (χ3v) is 7.56. The topological polar surface area (TPSA) is 63.7 Å². The first kappa shape index (κ1) is 18.1. The minimum absolute atomic E-state index is 0.131. The quantitative estimate of drug-likeness (QED) is 0.295. The fraction of sp³-hybridized carbons (Fsp3) is 0.292. The zero-order chi connectivity index (χ0) is 20.6. The van der Waals surface area contributed by atoms with Gasteiger partial charge in [0.2, 0.25) is 11.8 Å². The molecule has 3 fully saturated rings. The Bertz CT molecular complexity index is 1090. The second kappa shape index (κ2) is 6.38. The van der Waals surface area contributed by atoms with Crippen LogP contribution < -0.4 is 9.64 Å². The predicted octanol–water partition coefficient (Wildman–Crippen LogP) is 4.23. The Balaban J connectivity index is 1.28. The molecule has 2 amide bonds. The van der Waals surface area contributed by atoms with Gasteiger partial charge in [0, 0.05) is 4.47 Å². The molecule has 6 heteroatoms. The Morgan fingerprint density at radius 3 is 2.20 bits per heavy atom. The normalized spacial score (nSPS) is 32.8. The highest BCUT2D eigenvalue weighted by molar-refractivity contribution is 9.10. The fourth-order valence-corrected chi connectivity index (χ4v) is 5.92. The first-order chi connectivity index (χ1) is 14.5. The van der Waals surface area contributed by atoms with E-state index in [0.717, 1.165) is 10.9 Å². The molecule has 5 nitrogen and oxygen atoms in total. The maximum atomic E-state index is 13.3. The minimum Gasteiger partial charge on any atom is -0.423 e. The molecule has 5 aliphatic rings. The molecule has 150 valence electrons. The Kier molecular flexibility index (Phi) is 3.84. The second-order valence-corrected chi connectivity index (χ2v) is 9.48. The summed E-state index contributed by atoms with van der Waals surface area (Å²) in [6, 6.07) is 13.5. The van der Waals surface area contributed by atoms with Crippen molar-refractivity contribution in [2.75, 3.05) is 4.90 Å². The molecule has 4 aliphatic carbocycles. The van der Waals surface area contributed by atoms with Crippen LogP contribution in [0.4, 0.5) is 5.69 Å². The van der Waals surface area contributed by atoms with Gasteiger partial charge < -0.3 is 4.74 Å². The number of carbonyl (C=O) groups is 3. The number of halogens is 1. The summed E-state index contributed by atoms with van der Waals surface area (Å²) in [7, 11) is 0. The maximum absolute atomic E-state index is 13.3. The predicted molar refractivity (Wildman–Crippen MR) is 113 cm³/mol. The van der Waals surface area contributed by atoms with E-state index >= 15 is 0 Å². The van der Waals surface area contributed by atoms with E-state index in [0.29, 0.717) is 28.8 Å². The zero-order valence-electron chi connectivity index (χ0n) is 15.9. The smallest absolute Gasteiger partial charge is 0.343 e. The van der Waals surface area contributed by atoms with Crippen LogP contribution in [-0.4, -0.2) is 17.8 Å². The van der Waals surface area contributed by atoms with Crippen LogP contribution in [0.25, 0.3) is 0 Å². The summed E-state index contributed by atoms with van der Waals surface area (Å²) in [4.78, 5) is 40.4. The molecule has 0 unspecified atom stereocenters. The van der Waals surface area contributed by atoms with Gasteiger partial charge in [0.1, 0.15) is 5.75 Å². The zero-order valence-corrected chi connectivity index (χ0v) is 17.5. The highest BCUT2D eigenvalue weighted by atomic mass is 79.9. The van der Waals surface area contributed by atoms with Gasteiger partial charge in [0.05, 0.1) is 23.1 Å². The SMILES string of the molecule is O=C(Oc1ccc(Br)cc1)c1cccc(N2C(=O)[C@@H]3[C@H]4C=C[C@@H]([C@@H]5C[C@@H]45)[C@H]3C2=O)c1. The van der Waals surface area contributed by atoms with E-state index < -0.39 is 5.97 Å². The van der Waals surface area contributed by atoms with E-state index in [1.54, 1.807) is 48.5 Å². The lowest BCUT2D eigenvalue weighted by atomic mass is 9.63. The summed E-state index contributed by atoms with van der Waals surface area (Å²) in [6.45, 7) is 0. The molecule has 2 aromatic rings. The molecule has 2 bridgehead atoms. The number of hydrogen-bond acceptors (Lipinski definition) is 4. The highest BCUT2D eigenvalue weighted by Gasteiger charge is 2.67. The van der Waals surface area contributed by atoms with Crippen LogP contribution in [0, 0.1) is 35.5 Å². The lowest BCUT2D eigenvalue weighted by Crippen LogP contribution is -2.40. The Morgan fingerprint density at radius 2 is 1.57 bits per heavy atom. The molecule has 30 heavy (non-hydrogen) atoms. The van der Waals surface area contributed by atoms with E-state index in [1.807, 2.05) is 0 Å². The molecule has 2 saturated carbocycles. The molecule has 1 aliphatic heterocycles. The number of allylic oxidation sites excluding steroid dienone is 2. The first-order valence-electron chi connectivity index (χ1n) is 10.2. The summed E-state index contributed by atoms with van der Waals surface area (Å²) >= 11 is 3.35. The van der Waals surface area contributed by atoms with Crippen LogP contribution in [0.15, 0.2) is 65.2 Å². The van der Waals surface area contributed by atoms with E-state index in [9.17, 15) is 14.4 Å². The second-order valence-electron chi connectivity index (χ2n) is 8.56. The Hall–Kier alpha value is -2.73. The van der Waals surface area contributed by atoms with Crippen molar-refractivity contribution in [3.05, 3.63) is 70.7 Å². The number of nitrogens with zero attached hydrogens (tertiary/aromatic N) is 1. The van der Waals surface area contributed by atoms with Gasteiger partial charge in [0.15, 0.2) is 0 Å². The Labute approximate surface area is 181 Å². The van der Waals surface area contributed by atoms with E-state index in [4.69, 9.17) is 4.74 Å². The van der Waals surface area contributed by atoms with E-state index in [1.165, 1.54) is 4.90 Å². The van der Waals surface area contributed by atoms with Crippen molar-refractivity contribution in [3.8, 4) is 5.75 Å². The van der Waals surface area contributed by atoms with Crippen molar-refractivity contribution in [1.82, 2.24) is 0 Å². The molecular weight excluding hydrogens is 446 g/mol. The molecule has 0 N–H and O–H groups in total. The van der Waals surface area contributed by atoms with Crippen molar-refractivity contribution < 1.29 is 19.1 Å². The molecular formula is C24H18BrNO4. The van der Waals surface area contributed by atoms with Gasteiger partial charge in [-0.1, -0.05) is 34.1 Å². The van der Waals surface area contributed by atoms with Crippen LogP contribution in [0.1, 0.15) is 16.8 Å². The summed E-state index contributed by atoms with van der Waals surface area (Å²) < 4.78 is 6.31. The van der Waals surface area contributed by atoms with Crippen molar-refractivity contribution in [1.29, 1.82) is 0 Å². The number of hydrogen-bond donors (Lipinski definition) is 0. The number of anilines is 1. The summed E-state index contributed by atoms with van der Waals surface area (Å²) in [5, 5.41) is 0. The number of amides is 2. The van der Waals surface area contributed by atoms with Crippen LogP contribution in [-0.2, 0) is 9.59 Å². The first-order valence-corrected chi connectivity index (χ1v) is 11.0. The number of rotatable bonds is 3. The highest BCUT2D eigenvalue weighted by Crippen LogP contribution is 2.65. The van der Waals surface area contributed by atoms with Crippen molar-refractivity contribution >= 4 is 39.4 Å². The average molecular weight is 464 g/mol. The summed E-state index contributed by atoms with van der Waals surface area (Å²) in [5.74, 6) is 0.600. The standard InChI is InChI=1S/C24H18BrNO4/c25-13-4-6-15(7-5-13)30-24(29)12-2-1-3-14(10-12)26-22(27)20-16-8-9-17(19-11-18(16)19)21(20)23(26)28/h1-10,16-21H,11H2/t16-,17-,18-,19-,20+,21+/m0/s1. The van der Waals surface area contributed by atoms with Gasteiger partial charge in [0.25, 0.3) is 0 Å². The summed E-state index contributed by atoms with van der Waals surface area (Å²) in [5.41, 5.74) is 0.743.